The summed E-state index contributed by atoms with van der Waals surface area (Å²) in [4.78, 5) is 0. The van der Waals surface area contributed by atoms with Gasteiger partial charge in [0.15, 0.2) is 0 Å². The van der Waals surface area contributed by atoms with E-state index in [1.165, 1.54) is 297 Å². The van der Waals surface area contributed by atoms with Crippen LogP contribution in [0.1, 0.15) is 256 Å². The van der Waals surface area contributed by atoms with E-state index in [0.29, 0.717) is 0 Å². The van der Waals surface area contributed by atoms with E-state index in [2.05, 4.69) is 74.5 Å². The van der Waals surface area contributed by atoms with Crippen molar-refractivity contribution in [2.24, 2.45) is 0 Å². The van der Waals surface area contributed by atoms with E-state index in [1.807, 2.05) is 11.3 Å². The molecule has 0 unspecified atom stereocenters. The summed E-state index contributed by atoms with van der Waals surface area (Å²) >= 11 is 1.95. The lowest BCUT2D eigenvalue weighted by atomic mass is 9.99. The number of benzene rings is 4. The molecule has 2 heteroatoms. The number of rotatable bonds is 38. The van der Waals surface area contributed by atoms with Crippen LogP contribution in [0.25, 0.3) is 52.9 Å². The summed E-state index contributed by atoms with van der Waals surface area (Å²) in [5.74, 6) is 0. The predicted molar refractivity (Wildman–Crippen MR) is 289 cm³/mol. The molecular formula is C62H92OS. The van der Waals surface area contributed by atoms with Gasteiger partial charge in [-0.25, -0.2) is 0 Å². The zero-order valence-corrected chi connectivity index (χ0v) is 42.3. The van der Waals surface area contributed by atoms with E-state index in [1.54, 1.807) is 0 Å². The summed E-state index contributed by atoms with van der Waals surface area (Å²) in [5.41, 5.74) is 5.02. The first-order valence-electron chi connectivity index (χ1n) is 28.0. The largest absolute Gasteiger partial charge is 0.455 e. The quantitative estimate of drug-likeness (QED) is 0.0353. The van der Waals surface area contributed by atoms with Gasteiger partial charge in [-0.05, 0) is 73.2 Å². The third-order valence-corrected chi connectivity index (χ3v) is 16.1. The van der Waals surface area contributed by atoms with Crippen LogP contribution >= 0.6 is 11.3 Å². The number of hydrogen-bond donors (Lipinski definition) is 0. The van der Waals surface area contributed by atoms with Gasteiger partial charge in [0.1, 0.15) is 11.2 Å². The fourth-order valence-corrected chi connectivity index (χ4v) is 12.0. The van der Waals surface area contributed by atoms with E-state index in [9.17, 15) is 0 Å². The van der Waals surface area contributed by atoms with E-state index in [4.69, 9.17) is 4.42 Å². The van der Waals surface area contributed by atoms with E-state index < -0.39 is 0 Å². The first-order valence-corrected chi connectivity index (χ1v) is 28.8. The summed E-state index contributed by atoms with van der Waals surface area (Å²) in [6, 6.07) is 23.6. The zero-order valence-electron chi connectivity index (χ0n) is 41.5. The van der Waals surface area contributed by atoms with Crippen molar-refractivity contribution >= 4 is 64.2 Å². The van der Waals surface area contributed by atoms with Crippen LogP contribution in [-0.4, -0.2) is 0 Å². The molecule has 4 aromatic carbocycles. The molecule has 352 valence electrons. The maximum absolute atomic E-state index is 6.64. The van der Waals surface area contributed by atoms with Crippen molar-refractivity contribution in [3.63, 3.8) is 0 Å². The third kappa shape index (κ3) is 16.8. The minimum Gasteiger partial charge on any atom is -0.455 e. The van der Waals surface area contributed by atoms with Crippen LogP contribution in [0.5, 0.6) is 0 Å². The Balaban J connectivity index is 0.859. The van der Waals surface area contributed by atoms with Crippen molar-refractivity contribution in [3.8, 4) is 0 Å². The van der Waals surface area contributed by atoms with Crippen LogP contribution in [0.3, 0.4) is 0 Å². The number of unbranched alkanes of at least 4 members (excludes halogenated alkanes) is 34. The molecule has 0 saturated heterocycles. The summed E-state index contributed by atoms with van der Waals surface area (Å²) in [6.07, 6.45) is 53.8. The highest BCUT2D eigenvalue weighted by Gasteiger charge is 2.15. The molecule has 1 nitrogen and oxygen atoms in total. The Morgan fingerprint density at radius 3 is 1.06 bits per heavy atom. The molecule has 0 bridgehead atoms. The number of hydrogen-bond acceptors (Lipinski definition) is 2. The second-order valence-corrected chi connectivity index (χ2v) is 21.4. The van der Waals surface area contributed by atoms with Gasteiger partial charge in [0.05, 0.1) is 0 Å². The first-order chi connectivity index (χ1) is 31.8. The maximum atomic E-state index is 6.64. The predicted octanol–water partition coefficient (Wildman–Crippen LogP) is 22.3. The summed E-state index contributed by atoms with van der Waals surface area (Å²) in [5, 5.41) is 7.93. The molecule has 0 N–H and O–H groups in total. The zero-order chi connectivity index (χ0) is 44.3. The first kappa shape index (κ1) is 50.6. The highest BCUT2D eigenvalue weighted by Crippen LogP contribution is 2.42. The monoisotopic (exact) mass is 885 g/mol. The van der Waals surface area contributed by atoms with Crippen molar-refractivity contribution in [2.75, 3.05) is 0 Å². The maximum Gasteiger partial charge on any atom is 0.143 e. The van der Waals surface area contributed by atoms with Crippen LogP contribution in [0.15, 0.2) is 65.1 Å². The minimum absolute atomic E-state index is 1.02. The molecule has 6 aromatic rings. The highest BCUT2D eigenvalue weighted by atomic mass is 32.1. The lowest BCUT2D eigenvalue weighted by molar-refractivity contribution is 0.525. The fraction of sp³-hybridized carbons (Fsp3) is 0.645. The van der Waals surface area contributed by atoms with Crippen molar-refractivity contribution in [2.45, 2.75) is 258 Å². The molecule has 0 aliphatic carbocycles. The molecule has 0 amide bonds. The summed E-state index contributed by atoms with van der Waals surface area (Å²) in [6.45, 7) is 4.62. The van der Waals surface area contributed by atoms with Gasteiger partial charge in [-0.3, -0.25) is 0 Å². The number of fused-ring (bicyclic) bond motifs is 9. The highest BCUT2D eigenvalue weighted by molar-refractivity contribution is 7.26. The normalized spacial score (nSPS) is 12.1. The molecule has 0 saturated carbocycles. The average Bonchev–Trinajstić information content (AvgIpc) is 3.89. The Kier molecular flexibility index (Phi) is 24.1. The molecule has 64 heavy (non-hydrogen) atoms. The van der Waals surface area contributed by atoms with E-state index >= 15 is 0 Å². The van der Waals surface area contributed by atoms with Gasteiger partial charge in [-0.2, -0.15) is 0 Å². The Hall–Kier alpha value is -2.84. The molecule has 0 radical (unpaired) electrons. The topological polar surface area (TPSA) is 13.1 Å². The van der Waals surface area contributed by atoms with Crippen molar-refractivity contribution in [1.29, 1.82) is 0 Å². The molecule has 0 spiro atoms. The van der Waals surface area contributed by atoms with Crippen LogP contribution < -0.4 is 0 Å². The molecule has 2 heterocycles. The smallest absolute Gasteiger partial charge is 0.143 e. The second-order valence-electron chi connectivity index (χ2n) is 20.4. The van der Waals surface area contributed by atoms with Crippen molar-refractivity contribution in [3.05, 3.63) is 71.8 Å². The number of aryl methyl sites for hydroxylation is 2. The molecule has 6 rings (SSSR count). The van der Waals surface area contributed by atoms with Gasteiger partial charge >= 0.3 is 0 Å². The second kappa shape index (κ2) is 30.4. The molecular weight excluding hydrogens is 793 g/mol. The molecule has 0 atom stereocenters. The molecule has 0 aliphatic heterocycles. The van der Waals surface area contributed by atoms with Crippen LogP contribution in [0.4, 0.5) is 0 Å². The minimum atomic E-state index is 1.02. The Morgan fingerprint density at radius 2 is 0.641 bits per heavy atom. The third-order valence-electron chi connectivity index (χ3n) is 14.8. The Morgan fingerprint density at radius 1 is 0.312 bits per heavy atom. The van der Waals surface area contributed by atoms with E-state index in [-0.39, 0.29) is 0 Å². The Bertz CT molecular complexity index is 1990. The van der Waals surface area contributed by atoms with Gasteiger partial charge in [0, 0.05) is 41.7 Å². The van der Waals surface area contributed by atoms with Gasteiger partial charge in [0.25, 0.3) is 0 Å². The molecule has 2 aromatic heterocycles. The van der Waals surface area contributed by atoms with Crippen molar-refractivity contribution in [1.82, 2.24) is 0 Å². The van der Waals surface area contributed by atoms with E-state index in [0.717, 1.165) is 11.2 Å². The van der Waals surface area contributed by atoms with Crippen LogP contribution in [0.2, 0.25) is 0 Å². The Labute approximate surface area is 396 Å². The molecule has 0 aliphatic rings. The summed E-state index contributed by atoms with van der Waals surface area (Å²) in [7, 11) is 0. The lowest BCUT2D eigenvalue weighted by Gasteiger charge is -2.05. The standard InChI is InChI=1S/C62H92OS/c1-3-5-7-9-11-13-15-17-19-21-23-25-27-29-31-33-35-37-39-51-41-47-59-57(49-51)54-44-45-55-53(61(54)63-59)43-46-56-58-50-52(42-48-60(58)64-62(55)56)40-38-36-34-32-30-28-26-24-22-20-18-16-14-12-10-8-6-4-2/h41-50H,3-40H2,1-2H3. The SMILES string of the molecule is CCCCCCCCCCCCCCCCCCCCc1ccc2oc3c(ccc4c3ccc3c5cc(CCCCCCCCCCCCCCCCCCCC)ccc5sc34)c2c1. The van der Waals surface area contributed by atoms with Crippen LogP contribution in [0, 0.1) is 0 Å². The fourth-order valence-electron chi connectivity index (χ4n) is 10.7. The van der Waals surface area contributed by atoms with Crippen molar-refractivity contribution < 1.29 is 4.42 Å². The number of furan rings is 1. The van der Waals surface area contributed by atoms with Gasteiger partial charge in [0.2, 0.25) is 0 Å². The summed E-state index contributed by atoms with van der Waals surface area (Å²) < 4.78 is 9.44. The lowest BCUT2D eigenvalue weighted by Crippen LogP contribution is -1.87. The van der Waals surface area contributed by atoms with Crippen LogP contribution in [-0.2, 0) is 12.8 Å². The molecule has 0 fully saturated rings. The van der Waals surface area contributed by atoms with Gasteiger partial charge in [-0.15, -0.1) is 11.3 Å². The number of thiophene rings is 1. The van der Waals surface area contributed by atoms with Gasteiger partial charge < -0.3 is 4.42 Å². The average molecular weight is 885 g/mol. The van der Waals surface area contributed by atoms with Gasteiger partial charge in [-0.1, -0.05) is 256 Å².